The molecule has 1 N–H and O–H groups in total. The Bertz CT molecular complexity index is 906. The van der Waals surface area contributed by atoms with Crippen molar-refractivity contribution in [2.24, 2.45) is 11.8 Å². The number of ether oxygens (including phenoxy) is 1. The maximum Gasteiger partial charge on any atom is 0.410 e. The molecule has 0 bridgehead atoms. The lowest BCUT2D eigenvalue weighted by Crippen LogP contribution is -2.36. The highest BCUT2D eigenvalue weighted by molar-refractivity contribution is 6.29. The minimum Gasteiger partial charge on any atom is -0.444 e. The van der Waals surface area contributed by atoms with Crippen LogP contribution in [0.1, 0.15) is 58.9 Å². The van der Waals surface area contributed by atoms with E-state index < -0.39 is 5.60 Å². The van der Waals surface area contributed by atoms with E-state index in [1.165, 1.54) is 0 Å². The zero-order valence-electron chi connectivity index (χ0n) is 17.8. The zero-order chi connectivity index (χ0) is 20.9. The van der Waals surface area contributed by atoms with Crippen LogP contribution in [0.5, 0.6) is 0 Å². The number of hydrogen-bond acceptors (Lipinski definition) is 5. The summed E-state index contributed by atoms with van der Waals surface area (Å²) in [6, 6.07) is 2.17. The van der Waals surface area contributed by atoms with Crippen molar-refractivity contribution in [1.29, 1.82) is 0 Å². The number of anilines is 1. The van der Waals surface area contributed by atoms with Gasteiger partial charge >= 0.3 is 6.09 Å². The van der Waals surface area contributed by atoms with Gasteiger partial charge in [-0.15, -0.1) is 0 Å². The van der Waals surface area contributed by atoms with Crippen LogP contribution in [0.4, 0.5) is 10.6 Å². The van der Waals surface area contributed by atoms with Crippen molar-refractivity contribution in [2.45, 2.75) is 65.0 Å². The van der Waals surface area contributed by atoms with Crippen LogP contribution >= 0.6 is 11.6 Å². The molecule has 8 heteroatoms. The van der Waals surface area contributed by atoms with Crippen LogP contribution in [0.2, 0.25) is 5.15 Å². The fourth-order valence-corrected chi connectivity index (χ4v) is 4.75. The van der Waals surface area contributed by atoms with Crippen LogP contribution < -0.4 is 5.32 Å². The number of hydrogen-bond donors (Lipinski definition) is 1. The molecule has 7 nitrogen and oxygen atoms in total. The molecular weight excluding hydrogens is 390 g/mol. The number of carbonyl (C=O) groups is 1. The predicted octanol–water partition coefficient (Wildman–Crippen LogP) is 4.56. The molecule has 2 aromatic rings. The SMILES string of the molecule is CC(C)c1cnn2c(NC3CC4CN(C(=O)OC(C)(C)C)CC4C3)cc(Cl)nc12. The molecule has 1 aliphatic carbocycles. The first-order valence-corrected chi connectivity index (χ1v) is 10.8. The van der Waals surface area contributed by atoms with Crippen LogP contribution in [0.15, 0.2) is 12.3 Å². The topological polar surface area (TPSA) is 71.8 Å². The van der Waals surface area contributed by atoms with E-state index in [4.69, 9.17) is 16.3 Å². The number of likely N-dealkylation sites (tertiary alicyclic amines) is 1. The molecule has 0 aromatic carbocycles. The molecular formula is C21H30ClN5O2. The first-order valence-electron chi connectivity index (χ1n) is 10.4. The van der Waals surface area contributed by atoms with E-state index in [0.717, 1.165) is 43.0 Å². The quantitative estimate of drug-likeness (QED) is 0.738. The van der Waals surface area contributed by atoms with E-state index in [-0.39, 0.29) is 6.09 Å². The van der Waals surface area contributed by atoms with Gasteiger partial charge in [0.2, 0.25) is 0 Å². The van der Waals surface area contributed by atoms with Crippen molar-refractivity contribution in [2.75, 3.05) is 18.4 Å². The highest BCUT2D eigenvalue weighted by atomic mass is 35.5. The van der Waals surface area contributed by atoms with Gasteiger partial charge in [-0.1, -0.05) is 25.4 Å². The Labute approximate surface area is 176 Å². The largest absolute Gasteiger partial charge is 0.444 e. The van der Waals surface area contributed by atoms with Crippen LogP contribution in [0.25, 0.3) is 5.65 Å². The summed E-state index contributed by atoms with van der Waals surface area (Å²) in [7, 11) is 0. The molecule has 2 atom stereocenters. The molecule has 3 heterocycles. The average Bonchev–Trinajstić information content (AvgIpc) is 3.25. The Hall–Kier alpha value is -2.02. The number of rotatable bonds is 3. The van der Waals surface area contributed by atoms with Gasteiger partial charge in [-0.25, -0.2) is 9.78 Å². The second kappa shape index (κ2) is 7.35. The van der Waals surface area contributed by atoms with Gasteiger partial charge < -0.3 is 15.0 Å². The summed E-state index contributed by atoms with van der Waals surface area (Å²) in [5.41, 5.74) is 1.44. The Morgan fingerprint density at radius 2 is 1.93 bits per heavy atom. The summed E-state index contributed by atoms with van der Waals surface area (Å²) in [5.74, 6) is 2.20. The lowest BCUT2D eigenvalue weighted by atomic mass is 10.0. The summed E-state index contributed by atoms with van der Waals surface area (Å²) in [6.45, 7) is 11.5. The van der Waals surface area contributed by atoms with E-state index in [2.05, 4.69) is 29.2 Å². The first-order chi connectivity index (χ1) is 13.6. The van der Waals surface area contributed by atoms with Crippen molar-refractivity contribution in [1.82, 2.24) is 19.5 Å². The Morgan fingerprint density at radius 3 is 2.52 bits per heavy atom. The van der Waals surface area contributed by atoms with E-state index in [1.54, 1.807) is 0 Å². The second-order valence-electron chi connectivity index (χ2n) is 9.67. The van der Waals surface area contributed by atoms with Gasteiger partial charge in [0.05, 0.1) is 6.20 Å². The van der Waals surface area contributed by atoms with Gasteiger partial charge in [-0.2, -0.15) is 9.61 Å². The van der Waals surface area contributed by atoms with Crippen molar-refractivity contribution < 1.29 is 9.53 Å². The van der Waals surface area contributed by atoms with Gasteiger partial charge in [0.25, 0.3) is 0 Å². The second-order valence-corrected chi connectivity index (χ2v) is 10.1. The van der Waals surface area contributed by atoms with Crippen LogP contribution in [0, 0.1) is 11.8 Å². The molecule has 158 valence electrons. The number of carbonyl (C=O) groups excluding carboxylic acids is 1. The van der Waals surface area contributed by atoms with Crippen LogP contribution in [-0.4, -0.2) is 50.3 Å². The number of aromatic nitrogens is 3. The fraction of sp³-hybridized carbons (Fsp3) is 0.667. The third kappa shape index (κ3) is 4.15. The molecule has 2 unspecified atom stereocenters. The molecule has 2 aromatic heterocycles. The van der Waals surface area contributed by atoms with Gasteiger partial charge in [0.1, 0.15) is 16.6 Å². The maximum absolute atomic E-state index is 12.4. The molecule has 2 fully saturated rings. The molecule has 4 rings (SSSR count). The number of amides is 1. The number of halogens is 1. The van der Waals surface area contributed by atoms with E-state index in [9.17, 15) is 4.79 Å². The highest BCUT2D eigenvalue weighted by Crippen LogP contribution is 2.40. The predicted molar refractivity (Wildman–Crippen MR) is 114 cm³/mol. The minimum atomic E-state index is -0.455. The van der Waals surface area contributed by atoms with E-state index in [0.29, 0.717) is 28.9 Å². The minimum absolute atomic E-state index is 0.197. The molecule has 1 aliphatic heterocycles. The van der Waals surface area contributed by atoms with Crippen molar-refractivity contribution >= 4 is 29.2 Å². The maximum atomic E-state index is 12.4. The summed E-state index contributed by atoms with van der Waals surface area (Å²) in [4.78, 5) is 18.7. The summed E-state index contributed by atoms with van der Waals surface area (Å²) in [6.07, 6.45) is 3.71. The summed E-state index contributed by atoms with van der Waals surface area (Å²) >= 11 is 6.30. The monoisotopic (exact) mass is 419 g/mol. The normalized spacial score (nSPS) is 24.4. The highest BCUT2D eigenvalue weighted by Gasteiger charge is 2.43. The molecule has 0 radical (unpaired) electrons. The molecule has 1 saturated heterocycles. The smallest absolute Gasteiger partial charge is 0.410 e. The van der Waals surface area contributed by atoms with Gasteiger partial charge in [0, 0.05) is 30.8 Å². The van der Waals surface area contributed by atoms with Crippen LogP contribution in [-0.2, 0) is 4.74 Å². The molecule has 2 aliphatic rings. The number of nitrogens with one attached hydrogen (secondary N) is 1. The Kier molecular flexibility index (Phi) is 5.13. The van der Waals surface area contributed by atoms with E-state index in [1.807, 2.05) is 42.4 Å². The van der Waals surface area contributed by atoms with Crippen LogP contribution in [0.3, 0.4) is 0 Å². The number of fused-ring (bicyclic) bond motifs is 2. The summed E-state index contributed by atoms with van der Waals surface area (Å²) < 4.78 is 7.38. The third-order valence-electron chi connectivity index (χ3n) is 5.84. The van der Waals surface area contributed by atoms with E-state index >= 15 is 0 Å². The lowest BCUT2D eigenvalue weighted by Gasteiger charge is -2.25. The van der Waals surface area contributed by atoms with Crippen molar-refractivity contribution in [3.63, 3.8) is 0 Å². The van der Waals surface area contributed by atoms with Gasteiger partial charge in [-0.3, -0.25) is 0 Å². The molecule has 29 heavy (non-hydrogen) atoms. The lowest BCUT2D eigenvalue weighted by molar-refractivity contribution is 0.0280. The fourth-order valence-electron chi connectivity index (χ4n) is 4.56. The van der Waals surface area contributed by atoms with Crippen molar-refractivity contribution in [3.8, 4) is 0 Å². The Balaban J connectivity index is 1.43. The standard InChI is InChI=1S/C21H30ClN5O2/c1-12(2)16-9-23-27-18(8-17(22)25-19(16)27)24-15-6-13-10-26(11-14(13)7-15)20(28)29-21(3,4)5/h8-9,12-15,24H,6-7,10-11H2,1-5H3. The zero-order valence-corrected chi connectivity index (χ0v) is 18.5. The Morgan fingerprint density at radius 1 is 1.28 bits per heavy atom. The van der Waals surface area contributed by atoms with Crippen molar-refractivity contribution in [3.05, 3.63) is 23.0 Å². The average molecular weight is 420 g/mol. The van der Waals surface area contributed by atoms with Gasteiger partial charge in [0.15, 0.2) is 5.65 Å². The number of nitrogens with zero attached hydrogens (tertiary/aromatic N) is 4. The first kappa shape index (κ1) is 20.3. The third-order valence-corrected chi connectivity index (χ3v) is 6.04. The molecule has 0 spiro atoms. The van der Waals surface area contributed by atoms with Gasteiger partial charge in [-0.05, 0) is 51.4 Å². The summed E-state index contributed by atoms with van der Waals surface area (Å²) in [5, 5.41) is 8.63. The molecule has 1 saturated carbocycles. The molecule has 1 amide bonds.